The number of Topliss-reactive ketones (excluding diaryl/α,β-unsaturated/α-hetero) is 1. The predicted octanol–water partition coefficient (Wildman–Crippen LogP) is 4.89. The predicted molar refractivity (Wildman–Crippen MR) is 126 cm³/mol. The van der Waals surface area contributed by atoms with Gasteiger partial charge in [0, 0.05) is 34.3 Å². The van der Waals surface area contributed by atoms with Gasteiger partial charge in [0.1, 0.15) is 0 Å². The fourth-order valence-corrected chi connectivity index (χ4v) is 5.10. The Morgan fingerprint density at radius 2 is 1.76 bits per heavy atom. The van der Waals surface area contributed by atoms with Gasteiger partial charge in [-0.3, -0.25) is 4.79 Å². The van der Waals surface area contributed by atoms with Gasteiger partial charge >= 0.3 is 5.97 Å². The molecule has 6 nitrogen and oxygen atoms in total. The van der Waals surface area contributed by atoms with Crippen LogP contribution >= 0.6 is 11.6 Å². The summed E-state index contributed by atoms with van der Waals surface area (Å²) in [4.78, 5) is 26.4. The lowest BCUT2D eigenvalue weighted by Gasteiger charge is -2.36. The molecule has 0 fully saturated rings. The molecule has 0 saturated heterocycles. The summed E-state index contributed by atoms with van der Waals surface area (Å²) in [7, 11) is 4.46. The summed E-state index contributed by atoms with van der Waals surface area (Å²) < 4.78 is 15.9. The Kier molecular flexibility index (Phi) is 6.47. The molecular formula is C26H26ClNO5. The normalized spacial score (nSPS) is 20.2. The summed E-state index contributed by atoms with van der Waals surface area (Å²) in [6, 6.07) is 13.0. The molecule has 0 radical (unpaired) electrons. The van der Waals surface area contributed by atoms with Gasteiger partial charge in [0.15, 0.2) is 17.3 Å². The molecule has 1 aliphatic heterocycles. The Morgan fingerprint density at radius 3 is 2.42 bits per heavy atom. The van der Waals surface area contributed by atoms with Crippen molar-refractivity contribution in [3.8, 4) is 11.5 Å². The van der Waals surface area contributed by atoms with Crippen LogP contribution in [-0.4, -0.2) is 33.1 Å². The standard InChI is InChI=1S/C26H26ClNO5/c1-14-23(26(30)33-4)24(15-9-10-21(31-2)22(13-15)32-3)25-19(28-14)11-16(12-20(25)29)17-7-5-6-8-18(17)27/h5-10,13,16,24,28H,11-12H2,1-4H3/t16-,24+/m0/s1. The number of benzene rings is 2. The number of hydrogen-bond acceptors (Lipinski definition) is 6. The summed E-state index contributed by atoms with van der Waals surface area (Å²) in [5, 5.41) is 3.97. The van der Waals surface area contributed by atoms with E-state index in [1.54, 1.807) is 20.3 Å². The van der Waals surface area contributed by atoms with Crippen molar-refractivity contribution in [3.63, 3.8) is 0 Å². The van der Waals surface area contributed by atoms with Gasteiger partial charge in [0.2, 0.25) is 0 Å². The molecule has 172 valence electrons. The molecule has 0 aromatic heterocycles. The van der Waals surface area contributed by atoms with Crippen molar-refractivity contribution >= 4 is 23.4 Å². The van der Waals surface area contributed by atoms with E-state index < -0.39 is 11.9 Å². The highest BCUT2D eigenvalue weighted by Crippen LogP contribution is 2.47. The maximum atomic E-state index is 13.6. The van der Waals surface area contributed by atoms with E-state index >= 15 is 0 Å². The van der Waals surface area contributed by atoms with Gasteiger partial charge in [-0.25, -0.2) is 4.79 Å². The molecule has 2 aromatic rings. The van der Waals surface area contributed by atoms with Crippen LogP contribution < -0.4 is 14.8 Å². The quantitative estimate of drug-likeness (QED) is 0.631. The Labute approximate surface area is 198 Å². The summed E-state index contributed by atoms with van der Waals surface area (Å²) >= 11 is 6.44. The molecule has 2 aromatic carbocycles. The fraction of sp³-hybridized carbons (Fsp3) is 0.308. The van der Waals surface area contributed by atoms with Gasteiger partial charge in [0.05, 0.1) is 26.9 Å². The zero-order chi connectivity index (χ0) is 23.7. The number of dihydropyridines is 1. The summed E-state index contributed by atoms with van der Waals surface area (Å²) in [6.07, 6.45) is 0.919. The number of rotatable bonds is 5. The summed E-state index contributed by atoms with van der Waals surface area (Å²) in [6.45, 7) is 1.83. The second-order valence-electron chi connectivity index (χ2n) is 8.14. The van der Waals surface area contributed by atoms with Gasteiger partial charge in [-0.15, -0.1) is 0 Å². The molecule has 0 spiro atoms. The first-order valence-corrected chi connectivity index (χ1v) is 11.1. The second kappa shape index (κ2) is 9.32. The van der Waals surface area contributed by atoms with Crippen molar-refractivity contribution in [2.24, 2.45) is 0 Å². The van der Waals surface area contributed by atoms with Crippen molar-refractivity contribution in [3.05, 3.63) is 81.2 Å². The van der Waals surface area contributed by atoms with Crippen LogP contribution in [0.25, 0.3) is 0 Å². The van der Waals surface area contributed by atoms with Gasteiger partial charge < -0.3 is 19.5 Å². The van der Waals surface area contributed by atoms with E-state index in [1.165, 1.54) is 7.11 Å². The zero-order valence-corrected chi connectivity index (χ0v) is 19.8. The third-order valence-electron chi connectivity index (χ3n) is 6.32. The molecule has 0 bridgehead atoms. The number of hydrogen-bond donors (Lipinski definition) is 1. The van der Waals surface area contributed by atoms with E-state index in [0.717, 1.165) is 16.8 Å². The van der Waals surface area contributed by atoms with E-state index in [9.17, 15) is 9.59 Å². The number of carbonyl (C=O) groups excluding carboxylic acids is 2. The number of carbonyl (C=O) groups is 2. The highest BCUT2D eigenvalue weighted by atomic mass is 35.5. The van der Waals surface area contributed by atoms with Crippen molar-refractivity contribution in [2.75, 3.05) is 21.3 Å². The van der Waals surface area contributed by atoms with Crippen LogP contribution in [0.5, 0.6) is 11.5 Å². The first-order valence-electron chi connectivity index (χ1n) is 10.7. The van der Waals surface area contributed by atoms with Crippen LogP contribution in [-0.2, 0) is 14.3 Å². The minimum Gasteiger partial charge on any atom is -0.493 e. The molecule has 2 atom stereocenters. The Morgan fingerprint density at radius 1 is 1.03 bits per heavy atom. The fourth-order valence-electron chi connectivity index (χ4n) is 4.81. The van der Waals surface area contributed by atoms with Crippen LogP contribution in [0.2, 0.25) is 5.02 Å². The lowest BCUT2D eigenvalue weighted by Crippen LogP contribution is -2.36. The minimum atomic E-state index is -0.576. The van der Waals surface area contributed by atoms with Gasteiger partial charge in [-0.2, -0.15) is 0 Å². The highest BCUT2D eigenvalue weighted by Gasteiger charge is 2.41. The molecule has 0 unspecified atom stereocenters. The maximum absolute atomic E-state index is 13.6. The van der Waals surface area contributed by atoms with Crippen LogP contribution in [0, 0.1) is 0 Å². The van der Waals surface area contributed by atoms with E-state index in [0.29, 0.717) is 46.2 Å². The number of methoxy groups -OCH3 is 3. The van der Waals surface area contributed by atoms with Crippen molar-refractivity contribution in [1.29, 1.82) is 0 Å². The van der Waals surface area contributed by atoms with E-state index in [4.69, 9.17) is 25.8 Å². The van der Waals surface area contributed by atoms with E-state index in [-0.39, 0.29) is 11.7 Å². The summed E-state index contributed by atoms with van der Waals surface area (Å²) in [5.41, 5.74) is 4.16. The Bertz CT molecular complexity index is 1180. The Hall–Kier alpha value is -3.25. The van der Waals surface area contributed by atoms with Crippen molar-refractivity contribution in [2.45, 2.75) is 31.6 Å². The molecule has 0 amide bonds. The molecule has 7 heteroatoms. The minimum absolute atomic E-state index is 0.0256. The van der Waals surface area contributed by atoms with Crippen molar-refractivity contribution < 1.29 is 23.8 Å². The zero-order valence-electron chi connectivity index (χ0n) is 19.0. The SMILES string of the molecule is COC(=O)C1=C(C)NC2=C(C(=O)C[C@@H](c3ccccc3Cl)C2)[C@@H]1c1ccc(OC)c(OC)c1. The molecule has 33 heavy (non-hydrogen) atoms. The number of allylic oxidation sites excluding steroid dienone is 3. The molecule has 1 heterocycles. The number of halogens is 1. The molecule has 1 N–H and O–H groups in total. The lowest BCUT2D eigenvalue weighted by atomic mass is 9.71. The van der Waals surface area contributed by atoms with E-state index in [1.807, 2.05) is 43.3 Å². The number of esters is 1. The summed E-state index contributed by atoms with van der Waals surface area (Å²) in [5.74, 6) is -0.0351. The Balaban J connectivity index is 1.84. The van der Waals surface area contributed by atoms with Crippen molar-refractivity contribution in [1.82, 2.24) is 5.32 Å². The molecule has 4 rings (SSSR count). The third kappa shape index (κ3) is 4.11. The van der Waals surface area contributed by atoms with Crippen LogP contribution in [0.15, 0.2) is 65.0 Å². The van der Waals surface area contributed by atoms with Crippen LogP contribution in [0.3, 0.4) is 0 Å². The average Bonchev–Trinajstić information content (AvgIpc) is 2.82. The van der Waals surface area contributed by atoms with Gasteiger partial charge in [-0.1, -0.05) is 35.9 Å². The third-order valence-corrected chi connectivity index (χ3v) is 6.66. The van der Waals surface area contributed by atoms with Crippen LogP contribution in [0.4, 0.5) is 0 Å². The van der Waals surface area contributed by atoms with Gasteiger partial charge in [-0.05, 0) is 48.6 Å². The molecule has 1 aliphatic carbocycles. The number of ketones is 1. The molecular weight excluding hydrogens is 442 g/mol. The van der Waals surface area contributed by atoms with E-state index in [2.05, 4.69) is 5.32 Å². The molecule has 0 saturated carbocycles. The monoisotopic (exact) mass is 467 g/mol. The second-order valence-corrected chi connectivity index (χ2v) is 8.55. The lowest BCUT2D eigenvalue weighted by molar-refractivity contribution is -0.136. The maximum Gasteiger partial charge on any atom is 0.336 e. The average molecular weight is 468 g/mol. The number of nitrogens with one attached hydrogen (secondary N) is 1. The number of ether oxygens (including phenoxy) is 3. The first-order chi connectivity index (χ1) is 15.9. The highest BCUT2D eigenvalue weighted by molar-refractivity contribution is 6.31. The van der Waals surface area contributed by atoms with Gasteiger partial charge in [0.25, 0.3) is 0 Å². The van der Waals surface area contributed by atoms with Crippen LogP contribution in [0.1, 0.15) is 42.7 Å². The topological polar surface area (TPSA) is 73.9 Å². The smallest absolute Gasteiger partial charge is 0.336 e. The first kappa shape index (κ1) is 22.9. The largest absolute Gasteiger partial charge is 0.493 e. The molecule has 2 aliphatic rings.